The van der Waals surface area contributed by atoms with E-state index in [9.17, 15) is 0 Å². The number of hydrogen-bond donors (Lipinski definition) is 1. The van der Waals surface area contributed by atoms with Gasteiger partial charge < -0.3 is 10.1 Å². The molecule has 1 aliphatic heterocycles. The van der Waals surface area contributed by atoms with Crippen molar-refractivity contribution in [1.29, 1.82) is 0 Å². The highest BCUT2D eigenvalue weighted by atomic mass is 35.5. The molecular weight excluding hydrogens is 270 g/mol. The van der Waals surface area contributed by atoms with Gasteiger partial charge in [0.25, 0.3) is 0 Å². The fourth-order valence-electron chi connectivity index (χ4n) is 3.40. The first-order chi connectivity index (χ1) is 9.84. The van der Waals surface area contributed by atoms with E-state index in [0.717, 1.165) is 26.0 Å². The molecule has 110 valence electrons. The molecule has 2 nitrogen and oxygen atoms in total. The van der Waals surface area contributed by atoms with Gasteiger partial charge in [-0.2, -0.15) is 0 Å². The van der Waals surface area contributed by atoms with Gasteiger partial charge in [0, 0.05) is 18.0 Å². The Kier molecular flexibility index (Phi) is 4.98. The van der Waals surface area contributed by atoms with Gasteiger partial charge in [-0.1, -0.05) is 43.5 Å². The van der Waals surface area contributed by atoms with Crippen molar-refractivity contribution in [3.8, 4) is 0 Å². The summed E-state index contributed by atoms with van der Waals surface area (Å²) in [7, 11) is 0. The lowest BCUT2D eigenvalue weighted by Gasteiger charge is -2.29. The molecule has 3 atom stereocenters. The normalized spacial score (nSPS) is 30.6. The summed E-state index contributed by atoms with van der Waals surface area (Å²) >= 11 is 6.50. The Balaban J connectivity index is 1.61. The van der Waals surface area contributed by atoms with Crippen molar-refractivity contribution in [2.24, 2.45) is 0 Å². The lowest BCUT2D eigenvalue weighted by atomic mass is 9.97. The summed E-state index contributed by atoms with van der Waals surface area (Å²) in [6.45, 7) is 1.71. The van der Waals surface area contributed by atoms with Gasteiger partial charge in [0.05, 0.1) is 12.7 Å². The monoisotopic (exact) mass is 293 g/mol. The fourth-order valence-corrected chi connectivity index (χ4v) is 3.77. The minimum Gasteiger partial charge on any atom is -0.372 e. The van der Waals surface area contributed by atoms with Crippen LogP contribution in [0.5, 0.6) is 0 Å². The van der Waals surface area contributed by atoms with Crippen LogP contribution in [-0.4, -0.2) is 24.6 Å². The van der Waals surface area contributed by atoms with Crippen LogP contribution >= 0.6 is 11.6 Å². The maximum Gasteiger partial charge on any atom is 0.0952 e. The van der Waals surface area contributed by atoms with Crippen LogP contribution in [0, 0.1) is 0 Å². The summed E-state index contributed by atoms with van der Waals surface area (Å²) in [5, 5.41) is 3.94. The first-order valence-corrected chi connectivity index (χ1v) is 8.35. The highest BCUT2D eigenvalue weighted by Crippen LogP contribution is 2.27. The Bertz CT molecular complexity index is 437. The number of rotatable bonds is 3. The standard InChI is InChI=1S/C17H24ClNO/c18-15-8-2-1-3-9-16(15)19-12-17-14-7-5-4-6-13(14)10-11-20-17/h4-7,15-17,19H,1-3,8-12H2. The number of ether oxygens (including phenoxy) is 1. The Morgan fingerprint density at radius 3 is 2.95 bits per heavy atom. The third kappa shape index (κ3) is 3.36. The Morgan fingerprint density at radius 1 is 1.15 bits per heavy atom. The zero-order valence-electron chi connectivity index (χ0n) is 12.0. The van der Waals surface area contributed by atoms with Crippen LogP contribution in [0.2, 0.25) is 0 Å². The number of alkyl halides is 1. The molecule has 0 radical (unpaired) electrons. The average Bonchev–Trinajstić information content (AvgIpc) is 2.69. The molecule has 2 aliphatic rings. The van der Waals surface area contributed by atoms with Crippen molar-refractivity contribution in [1.82, 2.24) is 5.32 Å². The summed E-state index contributed by atoms with van der Waals surface area (Å²) < 4.78 is 5.96. The number of fused-ring (bicyclic) bond motifs is 1. The summed E-state index contributed by atoms with van der Waals surface area (Å²) in [6.07, 6.45) is 7.45. The molecule has 3 heteroatoms. The molecule has 1 aromatic rings. The van der Waals surface area contributed by atoms with Gasteiger partial charge in [-0.3, -0.25) is 0 Å². The van der Waals surface area contributed by atoms with Gasteiger partial charge in [0.15, 0.2) is 0 Å². The molecule has 0 spiro atoms. The minimum atomic E-state index is 0.187. The molecule has 1 saturated carbocycles. The smallest absolute Gasteiger partial charge is 0.0952 e. The third-order valence-electron chi connectivity index (χ3n) is 4.59. The van der Waals surface area contributed by atoms with E-state index in [-0.39, 0.29) is 11.5 Å². The van der Waals surface area contributed by atoms with Crippen LogP contribution in [0.4, 0.5) is 0 Å². The van der Waals surface area contributed by atoms with E-state index in [1.165, 1.54) is 36.8 Å². The van der Waals surface area contributed by atoms with Crippen LogP contribution in [0.3, 0.4) is 0 Å². The molecular formula is C17H24ClNO. The highest BCUT2D eigenvalue weighted by molar-refractivity contribution is 6.21. The van der Waals surface area contributed by atoms with Crippen LogP contribution < -0.4 is 5.32 Å². The summed E-state index contributed by atoms with van der Waals surface area (Å²) in [4.78, 5) is 0. The van der Waals surface area contributed by atoms with Crippen molar-refractivity contribution in [3.05, 3.63) is 35.4 Å². The van der Waals surface area contributed by atoms with E-state index in [1.807, 2.05) is 0 Å². The van der Waals surface area contributed by atoms with Crippen molar-refractivity contribution < 1.29 is 4.74 Å². The van der Waals surface area contributed by atoms with Crippen molar-refractivity contribution in [2.75, 3.05) is 13.2 Å². The molecule has 1 aliphatic carbocycles. The van der Waals surface area contributed by atoms with Gasteiger partial charge in [-0.25, -0.2) is 0 Å². The summed E-state index contributed by atoms with van der Waals surface area (Å²) in [5.41, 5.74) is 2.79. The maximum atomic E-state index is 6.50. The van der Waals surface area contributed by atoms with E-state index < -0.39 is 0 Å². The fraction of sp³-hybridized carbons (Fsp3) is 0.647. The Labute approximate surface area is 126 Å². The van der Waals surface area contributed by atoms with Gasteiger partial charge in [0.1, 0.15) is 0 Å². The SMILES string of the molecule is ClC1CCCCCC1NCC1OCCc2ccccc21. The van der Waals surface area contributed by atoms with E-state index in [2.05, 4.69) is 29.6 Å². The molecule has 1 heterocycles. The zero-order chi connectivity index (χ0) is 13.8. The van der Waals surface area contributed by atoms with E-state index in [4.69, 9.17) is 16.3 Å². The first kappa shape index (κ1) is 14.4. The number of halogens is 1. The summed E-state index contributed by atoms with van der Waals surface area (Å²) in [6, 6.07) is 9.09. The Hall–Kier alpha value is -0.570. The zero-order valence-corrected chi connectivity index (χ0v) is 12.7. The van der Waals surface area contributed by atoms with Crippen LogP contribution in [0.1, 0.15) is 49.3 Å². The number of benzene rings is 1. The van der Waals surface area contributed by atoms with Crippen molar-refractivity contribution >= 4 is 11.6 Å². The van der Waals surface area contributed by atoms with Gasteiger partial charge in [-0.15, -0.1) is 11.6 Å². The molecule has 0 aromatic heterocycles. The van der Waals surface area contributed by atoms with Crippen LogP contribution in [-0.2, 0) is 11.2 Å². The second kappa shape index (κ2) is 6.93. The molecule has 20 heavy (non-hydrogen) atoms. The van der Waals surface area contributed by atoms with Gasteiger partial charge in [0.2, 0.25) is 0 Å². The van der Waals surface area contributed by atoms with Crippen LogP contribution in [0.15, 0.2) is 24.3 Å². The Morgan fingerprint density at radius 2 is 2.00 bits per heavy atom. The topological polar surface area (TPSA) is 21.3 Å². The van der Waals surface area contributed by atoms with Gasteiger partial charge in [-0.05, 0) is 30.4 Å². The largest absolute Gasteiger partial charge is 0.372 e. The highest BCUT2D eigenvalue weighted by Gasteiger charge is 2.25. The van der Waals surface area contributed by atoms with Crippen LogP contribution in [0.25, 0.3) is 0 Å². The third-order valence-corrected chi connectivity index (χ3v) is 5.11. The van der Waals surface area contributed by atoms with E-state index in [1.54, 1.807) is 0 Å². The van der Waals surface area contributed by atoms with Crippen molar-refractivity contribution in [3.63, 3.8) is 0 Å². The average molecular weight is 294 g/mol. The predicted molar refractivity (Wildman–Crippen MR) is 83.4 cm³/mol. The molecule has 3 unspecified atom stereocenters. The molecule has 1 fully saturated rings. The molecule has 0 bridgehead atoms. The van der Waals surface area contributed by atoms with Gasteiger partial charge >= 0.3 is 0 Å². The minimum absolute atomic E-state index is 0.187. The van der Waals surface area contributed by atoms with Crippen molar-refractivity contribution in [2.45, 2.75) is 56.0 Å². The van der Waals surface area contributed by atoms with E-state index in [0.29, 0.717) is 6.04 Å². The first-order valence-electron chi connectivity index (χ1n) is 7.91. The molecule has 0 amide bonds. The molecule has 0 saturated heterocycles. The number of nitrogens with one attached hydrogen (secondary N) is 1. The summed E-state index contributed by atoms with van der Waals surface area (Å²) in [5.74, 6) is 0. The second-order valence-electron chi connectivity index (χ2n) is 5.98. The van der Waals surface area contributed by atoms with E-state index >= 15 is 0 Å². The predicted octanol–water partition coefficient (Wildman–Crippen LogP) is 3.83. The quantitative estimate of drug-likeness (QED) is 0.675. The second-order valence-corrected chi connectivity index (χ2v) is 6.54. The lowest BCUT2D eigenvalue weighted by Crippen LogP contribution is -2.40. The lowest BCUT2D eigenvalue weighted by molar-refractivity contribution is 0.0404. The molecule has 3 rings (SSSR count). The molecule has 1 N–H and O–H groups in total. The maximum absolute atomic E-state index is 6.50. The molecule has 1 aromatic carbocycles. The number of hydrogen-bond acceptors (Lipinski definition) is 2.